The van der Waals surface area contributed by atoms with Crippen molar-refractivity contribution < 1.29 is 17.6 Å². The number of hydrogen-bond donors (Lipinski definition) is 1. The van der Waals surface area contributed by atoms with Crippen LogP contribution in [0.3, 0.4) is 0 Å². The van der Waals surface area contributed by atoms with Crippen molar-refractivity contribution in [3.63, 3.8) is 0 Å². The molecule has 19 heavy (non-hydrogen) atoms. The van der Waals surface area contributed by atoms with Gasteiger partial charge in [0.15, 0.2) is 0 Å². The van der Waals surface area contributed by atoms with Gasteiger partial charge in [0, 0.05) is 6.04 Å². The Morgan fingerprint density at radius 2 is 1.84 bits per heavy atom. The fourth-order valence-electron chi connectivity index (χ4n) is 1.95. The molecule has 0 aromatic heterocycles. The summed E-state index contributed by atoms with van der Waals surface area (Å²) in [5.41, 5.74) is 4.95. The SMILES string of the molecule is CCCCCCC(N)c1ccc(F)c(C(F)(F)F)c1. The van der Waals surface area contributed by atoms with Gasteiger partial charge in [-0.15, -0.1) is 0 Å². The average molecular weight is 277 g/mol. The summed E-state index contributed by atoms with van der Waals surface area (Å²) in [4.78, 5) is 0. The smallest absolute Gasteiger partial charge is 0.324 e. The maximum absolute atomic E-state index is 13.1. The fourth-order valence-corrected chi connectivity index (χ4v) is 1.95. The molecule has 5 heteroatoms. The molecule has 0 bridgehead atoms. The number of hydrogen-bond acceptors (Lipinski definition) is 1. The van der Waals surface area contributed by atoms with E-state index in [0.717, 1.165) is 37.8 Å². The lowest BCUT2D eigenvalue weighted by Crippen LogP contribution is -2.14. The lowest BCUT2D eigenvalue weighted by atomic mass is 9.99. The van der Waals surface area contributed by atoms with Gasteiger partial charge < -0.3 is 5.73 Å². The molecule has 1 unspecified atom stereocenters. The van der Waals surface area contributed by atoms with E-state index in [2.05, 4.69) is 6.92 Å². The van der Waals surface area contributed by atoms with Gasteiger partial charge in [0.05, 0.1) is 5.56 Å². The Balaban J connectivity index is 2.73. The first-order chi connectivity index (χ1) is 8.86. The Bertz CT molecular complexity index is 401. The van der Waals surface area contributed by atoms with Gasteiger partial charge in [-0.3, -0.25) is 0 Å². The maximum atomic E-state index is 13.1. The summed E-state index contributed by atoms with van der Waals surface area (Å²) >= 11 is 0. The molecule has 1 rings (SSSR count). The van der Waals surface area contributed by atoms with Crippen LogP contribution < -0.4 is 5.73 Å². The molecule has 0 heterocycles. The first kappa shape index (κ1) is 16.0. The summed E-state index contributed by atoms with van der Waals surface area (Å²) in [6, 6.07) is 2.51. The lowest BCUT2D eigenvalue weighted by molar-refractivity contribution is -0.140. The summed E-state index contributed by atoms with van der Waals surface area (Å²) in [6.07, 6.45) is -0.00976. The largest absolute Gasteiger partial charge is 0.419 e. The van der Waals surface area contributed by atoms with E-state index in [1.165, 1.54) is 6.07 Å². The third-order valence-corrected chi connectivity index (χ3v) is 3.09. The van der Waals surface area contributed by atoms with Gasteiger partial charge in [-0.05, 0) is 24.1 Å². The van der Waals surface area contributed by atoms with E-state index in [9.17, 15) is 17.6 Å². The summed E-state index contributed by atoms with van der Waals surface area (Å²) in [5, 5.41) is 0. The summed E-state index contributed by atoms with van der Waals surface area (Å²) < 4.78 is 50.8. The molecular weight excluding hydrogens is 258 g/mol. The van der Waals surface area contributed by atoms with Crippen LogP contribution >= 0.6 is 0 Å². The molecule has 0 saturated carbocycles. The molecule has 1 aromatic carbocycles. The summed E-state index contributed by atoms with van der Waals surface area (Å²) in [5.74, 6) is -1.26. The van der Waals surface area contributed by atoms with Crippen LogP contribution in [0.1, 0.15) is 56.2 Å². The molecule has 1 atom stereocenters. The van der Waals surface area contributed by atoms with Crippen LogP contribution in [0, 0.1) is 5.82 Å². The Kier molecular flexibility index (Phi) is 5.79. The van der Waals surface area contributed by atoms with E-state index >= 15 is 0 Å². The lowest BCUT2D eigenvalue weighted by Gasteiger charge is -2.15. The zero-order chi connectivity index (χ0) is 14.5. The van der Waals surface area contributed by atoms with Crippen LogP contribution in [0.4, 0.5) is 17.6 Å². The van der Waals surface area contributed by atoms with Crippen LogP contribution in [0.5, 0.6) is 0 Å². The Morgan fingerprint density at radius 1 is 1.16 bits per heavy atom. The predicted octanol–water partition coefficient (Wildman–Crippen LogP) is 4.81. The molecule has 1 nitrogen and oxygen atoms in total. The van der Waals surface area contributed by atoms with Gasteiger partial charge in [-0.25, -0.2) is 4.39 Å². The minimum absolute atomic E-state index is 0.338. The number of unbranched alkanes of at least 4 members (excludes halogenated alkanes) is 3. The molecule has 108 valence electrons. The Hall–Kier alpha value is -1.10. The molecule has 1 aromatic rings. The predicted molar refractivity (Wildman–Crippen MR) is 67.1 cm³/mol. The van der Waals surface area contributed by atoms with Crippen LogP contribution in [0.25, 0.3) is 0 Å². The minimum atomic E-state index is -4.68. The van der Waals surface area contributed by atoms with E-state index in [1.54, 1.807) is 0 Å². The second-order valence-electron chi connectivity index (χ2n) is 4.69. The van der Waals surface area contributed by atoms with Crippen LogP contribution in [-0.2, 0) is 6.18 Å². The molecule has 0 aliphatic heterocycles. The highest BCUT2D eigenvalue weighted by Crippen LogP contribution is 2.33. The number of halogens is 4. The van der Waals surface area contributed by atoms with Gasteiger partial charge in [-0.2, -0.15) is 13.2 Å². The highest BCUT2D eigenvalue weighted by molar-refractivity contribution is 5.29. The zero-order valence-electron chi connectivity index (χ0n) is 10.9. The number of alkyl halides is 3. The molecule has 0 fully saturated rings. The summed E-state index contributed by atoms with van der Waals surface area (Å²) in [6.45, 7) is 2.08. The minimum Gasteiger partial charge on any atom is -0.324 e. The van der Waals surface area contributed by atoms with E-state index in [-0.39, 0.29) is 0 Å². The standard InChI is InChI=1S/C14H19F4N/c1-2-3-4-5-6-13(19)10-7-8-12(15)11(9-10)14(16,17)18/h7-9,13H,2-6,19H2,1H3. The molecule has 0 saturated heterocycles. The first-order valence-corrected chi connectivity index (χ1v) is 6.48. The third-order valence-electron chi connectivity index (χ3n) is 3.09. The first-order valence-electron chi connectivity index (χ1n) is 6.48. The molecular formula is C14H19F4N. The van der Waals surface area contributed by atoms with Gasteiger partial charge in [0.2, 0.25) is 0 Å². The second kappa shape index (κ2) is 6.89. The monoisotopic (exact) mass is 277 g/mol. The van der Waals surface area contributed by atoms with Gasteiger partial charge in [0.25, 0.3) is 0 Å². The highest BCUT2D eigenvalue weighted by Gasteiger charge is 2.34. The van der Waals surface area contributed by atoms with E-state index in [4.69, 9.17) is 5.73 Å². The molecule has 0 aliphatic carbocycles. The van der Waals surface area contributed by atoms with E-state index in [0.29, 0.717) is 12.0 Å². The zero-order valence-corrected chi connectivity index (χ0v) is 10.9. The normalized spacial score (nSPS) is 13.6. The van der Waals surface area contributed by atoms with Gasteiger partial charge in [-0.1, -0.05) is 38.7 Å². The maximum Gasteiger partial charge on any atom is 0.419 e. The van der Waals surface area contributed by atoms with Crippen molar-refractivity contribution in [3.8, 4) is 0 Å². The second-order valence-corrected chi connectivity index (χ2v) is 4.69. The van der Waals surface area contributed by atoms with Crippen LogP contribution in [0.15, 0.2) is 18.2 Å². The van der Waals surface area contributed by atoms with Crippen molar-refractivity contribution in [1.29, 1.82) is 0 Å². The van der Waals surface area contributed by atoms with E-state index < -0.39 is 23.6 Å². The summed E-state index contributed by atoms with van der Waals surface area (Å²) in [7, 11) is 0. The van der Waals surface area contributed by atoms with E-state index in [1.807, 2.05) is 0 Å². The topological polar surface area (TPSA) is 26.0 Å². The Morgan fingerprint density at radius 3 is 2.42 bits per heavy atom. The van der Waals surface area contributed by atoms with Crippen molar-refractivity contribution in [3.05, 3.63) is 35.1 Å². The Labute approximate surface area is 110 Å². The van der Waals surface area contributed by atoms with Gasteiger partial charge >= 0.3 is 6.18 Å². The average Bonchev–Trinajstić information content (AvgIpc) is 2.33. The molecule has 0 spiro atoms. The van der Waals surface area contributed by atoms with Crippen molar-refractivity contribution in [1.82, 2.24) is 0 Å². The number of rotatable bonds is 6. The molecule has 0 aliphatic rings. The quantitative estimate of drug-likeness (QED) is 0.585. The van der Waals surface area contributed by atoms with Gasteiger partial charge in [0.1, 0.15) is 5.82 Å². The van der Waals surface area contributed by atoms with Crippen molar-refractivity contribution >= 4 is 0 Å². The number of nitrogens with two attached hydrogens (primary N) is 1. The van der Waals surface area contributed by atoms with Crippen molar-refractivity contribution in [2.75, 3.05) is 0 Å². The third kappa shape index (κ3) is 4.82. The van der Waals surface area contributed by atoms with Crippen molar-refractivity contribution in [2.45, 2.75) is 51.2 Å². The molecule has 0 amide bonds. The molecule has 2 N–H and O–H groups in total. The number of benzene rings is 1. The highest BCUT2D eigenvalue weighted by atomic mass is 19.4. The fraction of sp³-hybridized carbons (Fsp3) is 0.571. The van der Waals surface area contributed by atoms with Crippen LogP contribution in [-0.4, -0.2) is 0 Å². The van der Waals surface area contributed by atoms with Crippen LogP contribution in [0.2, 0.25) is 0 Å². The van der Waals surface area contributed by atoms with Crippen molar-refractivity contribution in [2.24, 2.45) is 5.73 Å². The molecule has 0 radical (unpaired) electrons.